The van der Waals surface area contributed by atoms with E-state index in [0.29, 0.717) is 24.6 Å². The van der Waals surface area contributed by atoms with Gasteiger partial charge in [0.15, 0.2) is 9.84 Å². The van der Waals surface area contributed by atoms with Gasteiger partial charge in [-0.1, -0.05) is 13.3 Å². The van der Waals surface area contributed by atoms with Gasteiger partial charge in [0.25, 0.3) is 0 Å². The molecule has 0 aromatic rings. The Morgan fingerprint density at radius 2 is 1.87 bits per heavy atom. The summed E-state index contributed by atoms with van der Waals surface area (Å²) in [7, 11) is -2.74. The van der Waals surface area contributed by atoms with Crippen LogP contribution < -0.4 is 5.73 Å². The van der Waals surface area contributed by atoms with Crippen molar-refractivity contribution >= 4 is 9.84 Å². The molecule has 15 heavy (non-hydrogen) atoms. The number of hydrogen-bond acceptors (Lipinski definition) is 4. The molecule has 1 saturated heterocycles. The first kappa shape index (κ1) is 12.9. The summed E-state index contributed by atoms with van der Waals surface area (Å²) >= 11 is 0. The van der Waals surface area contributed by atoms with Gasteiger partial charge in [-0.05, 0) is 19.4 Å². The highest BCUT2D eigenvalue weighted by molar-refractivity contribution is 7.91. The van der Waals surface area contributed by atoms with Crippen molar-refractivity contribution in [3.8, 4) is 0 Å². The van der Waals surface area contributed by atoms with Gasteiger partial charge in [0, 0.05) is 19.1 Å². The molecule has 0 aliphatic carbocycles. The van der Waals surface area contributed by atoms with Crippen LogP contribution in [0, 0.1) is 0 Å². The lowest BCUT2D eigenvalue weighted by Crippen LogP contribution is -2.42. The van der Waals surface area contributed by atoms with E-state index in [-0.39, 0.29) is 6.04 Å². The van der Waals surface area contributed by atoms with Gasteiger partial charge in [-0.15, -0.1) is 0 Å². The van der Waals surface area contributed by atoms with E-state index < -0.39 is 9.84 Å². The Kier molecular flexibility index (Phi) is 5.02. The molecule has 1 atom stereocenters. The van der Waals surface area contributed by atoms with Crippen molar-refractivity contribution in [2.75, 3.05) is 31.1 Å². The second-order valence-corrected chi connectivity index (χ2v) is 6.63. The first-order valence-corrected chi connectivity index (χ1v) is 7.54. The Morgan fingerprint density at radius 3 is 2.40 bits per heavy atom. The van der Waals surface area contributed by atoms with Gasteiger partial charge in [-0.25, -0.2) is 8.42 Å². The molecule has 1 aliphatic heterocycles. The van der Waals surface area contributed by atoms with Crippen LogP contribution in [0.5, 0.6) is 0 Å². The smallest absolute Gasteiger partial charge is 0.152 e. The third-order valence-electron chi connectivity index (χ3n) is 2.91. The highest BCUT2D eigenvalue weighted by Crippen LogP contribution is 2.06. The van der Waals surface area contributed by atoms with Crippen LogP contribution in [0.2, 0.25) is 0 Å². The van der Waals surface area contributed by atoms with Crippen LogP contribution in [0.15, 0.2) is 0 Å². The Bertz CT molecular complexity index is 263. The molecule has 0 aromatic carbocycles. The van der Waals surface area contributed by atoms with Crippen molar-refractivity contribution in [3.05, 3.63) is 0 Å². The Labute approximate surface area is 92.7 Å². The average Bonchev–Trinajstić information content (AvgIpc) is 2.17. The van der Waals surface area contributed by atoms with Gasteiger partial charge in [-0.2, -0.15) is 0 Å². The standard InChI is InChI=1S/C10H22N2O2S/c1-2-3-10(11)4-5-12-6-8-15(13,14)9-7-12/h10H,2-9,11H2,1H3. The summed E-state index contributed by atoms with van der Waals surface area (Å²) in [5.41, 5.74) is 5.91. The number of sulfone groups is 1. The van der Waals surface area contributed by atoms with Gasteiger partial charge >= 0.3 is 0 Å². The van der Waals surface area contributed by atoms with Crippen molar-refractivity contribution in [3.63, 3.8) is 0 Å². The molecular formula is C10H22N2O2S. The van der Waals surface area contributed by atoms with Crippen LogP contribution in [0.1, 0.15) is 26.2 Å². The van der Waals surface area contributed by atoms with E-state index in [1.54, 1.807) is 0 Å². The number of nitrogens with zero attached hydrogens (tertiary/aromatic N) is 1. The maximum Gasteiger partial charge on any atom is 0.152 e. The zero-order chi connectivity index (χ0) is 11.3. The van der Waals surface area contributed by atoms with E-state index in [1.807, 2.05) is 0 Å². The lowest BCUT2D eigenvalue weighted by Gasteiger charge is -2.27. The van der Waals surface area contributed by atoms with Gasteiger partial charge in [-0.3, -0.25) is 0 Å². The Morgan fingerprint density at radius 1 is 1.27 bits per heavy atom. The fourth-order valence-electron chi connectivity index (χ4n) is 1.84. The van der Waals surface area contributed by atoms with Crippen LogP contribution in [0.3, 0.4) is 0 Å². The van der Waals surface area contributed by atoms with Crippen molar-refractivity contribution in [2.24, 2.45) is 5.73 Å². The zero-order valence-corrected chi connectivity index (χ0v) is 10.3. The van der Waals surface area contributed by atoms with E-state index in [4.69, 9.17) is 5.73 Å². The van der Waals surface area contributed by atoms with Crippen LogP contribution in [-0.4, -0.2) is 50.5 Å². The minimum atomic E-state index is -2.74. The summed E-state index contributed by atoms with van der Waals surface area (Å²) < 4.78 is 22.4. The van der Waals surface area contributed by atoms with Crippen LogP contribution in [0.4, 0.5) is 0 Å². The molecular weight excluding hydrogens is 212 g/mol. The van der Waals surface area contributed by atoms with E-state index in [0.717, 1.165) is 25.8 Å². The van der Waals surface area contributed by atoms with E-state index in [9.17, 15) is 8.42 Å². The van der Waals surface area contributed by atoms with Crippen LogP contribution in [-0.2, 0) is 9.84 Å². The molecule has 90 valence electrons. The molecule has 1 unspecified atom stereocenters. The molecule has 2 N–H and O–H groups in total. The molecule has 4 nitrogen and oxygen atoms in total. The van der Waals surface area contributed by atoms with Gasteiger partial charge in [0.2, 0.25) is 0 Å². The second kappa shape index (κ2) is 5.82. The third-order valence-corrected chi connectivity index (χ3v) is 4.52. The lowest BCUT2D eigenvalue weighted by atomic mass is 10.1. The van der Waals surface area contributed by atoms with Crippen molar-refractivity contribution in [2.45, 2.75) is 32.2 Å². The molecule has 1 aliphatic rings. The molecule has 0 aromatic heterocycles. The lowest BCUT2D eigenvalue weighted by molar-refractivity contribution is 0.280. The minimum absolute atomic E-state index is 0.272. The fourth-order valence-corrected chi connectivity index (χ4v) is 3.11. The predicted molar refractivity (Wildman–Crippen MR) is 62.6 cm³/mol. The number of rotatable bonds is 5. The molecule has 0 spiro atoms. The fraction of sp³-hybridized carbons (Fsp3) is 1.00. The SMILES string of the molecule is CCCC(N)CCN1CCS(=O)(=O)CC1. The Hall–Kier alpha value is -0.130. The third kappa shape index (κ3) is 4.95. The maximum atomic E-state index is 11.2. The summed E-state index contributed by atoms with van der Waals surface area (Å²) in [4.78, 5) is 2.20. The molecule has 5 heteroatoms. The first-order chi connectivity index (χ1) is 7.03. The molecule has 1 fully saturated rings. The quantitative estimate of drug-likeness (QED) is 0.740. The molecule has 0 radical (unpaired) electrons. The molecule has 0 amide bonds. The summed E-state index contributed by atoms with van der Waals surface area (Å²) in [5, 5.41) is 0. The number of nitrogens with two attached hydrogens (primary N) is 1. The topological polar surface area (TPSA) is 63.4 Å². The highest BCUT2D eigenvalue weighted by Gasteiger charge is 2.21. The van der Waals surface area contributed by atoms with E-state index >= 15 is 0 Å². The summed E-state index contributed by atoms with van der Waals surface area (Å²) in [6, 6.07) is 0.272. The number of hydrogen-bond donors (Lipinski definition) is 1. The molecule has 1 rings (SSSR count). The summed E-state index contributed by atoms with van der Waals surface area (Å²) in [5.74, 6) is 0.631. The Balaban J connectivity index is 2.19. The van der Waals surface area contributed by atoms with Crippen molar-refractivity contribution in [1.82, 2.24) is 4.90 Å². The summed E-state index contributed by atoms with van der Waals surface area (Å²) in [6.07, 6.45) is 3.16. The van der Waals surface area contributed by atoms with Crippen molar-refractivity contribution < 1.29 is 8.42 Å². The monoisotopic (exact) mass is 234 g/mol. The largest absolute Gasteiger partial charge is 0.328 e. The highest BCUT2D eigenvalue weighted by atomic mass is 32.2. The first-order valence-electron chi connectivity index (χ1n) is 5.72. The van der Waals surface area contributed by atoms with Gasteiger partial charge < -0.3 is 10.6 Å². The van der Waals surface area contributed by atoms with E-state index in [2.05, 4.69) is 11.8 Å². The van der Waals surface area contributed by atoms with Crippen molar-refractivity contribution in [1.29, 1.82) is 0 Å². The van der Waals surface area contributed by atoms with Crippen LogP contribution >= 0.6 is 0 Å². The molecule has 0 saturated carbocycles. The zero-order valence-electron chi connectivity index (χ0n) is 9.48. The molecule has 1 heterocycles. The average molecular weight is 234 g/mol. The second-order valence-electron chi connectivity index (χ2n) is 4.33. The maximum absolute atomic E-state index is 11.2. The van der Waals surface area contributed by atoms with Gasteiger partial charge in [0.05, 0.1) is 11.5 Å². The minimum Gasteiger partial charge on any atom is -0.328 e. The normalized spacial score (nSPS) is 23.9. The summed E-state index contributed by atoms with van der Waals surface area (Å²) in [6.45, 7) is 4.44. The van der Waals surface area contributed by atoms with Gasteiger partial charge in [0.1, 0.15) is 0 Å². The predicted octanol–water partition coefficient (Wildman–Crippen LogP) is 0.234. The van der Waals surface area contributed by atoms with E-state index in [1.165, 1.54) is 0 Å². The molecule has 0 bridgehead atoms. The van der Waals surface area contributed by atoms with Crippen LogP contribution in [0.25, 0.3) is 0 Å².